The molecule has 0 radical (unpaired) electrons. The molecule has 1 unspecified atom stereocenters. The van der Waals surface area contributed by atoms with Gasteiger partial charge in [-0.25, -0.2) is 4.39 Å². The Balaban J connectivity index is 1.65. The molecule has 1 N–H and O–H groups in total. The van der Waals surface area contributed by atoms with Gasteiger partial charge in [0.2, 0.25) is 0 Å². The van der Waals surface area contributed by atoms with Crippen LogP contribution >= 0.6 is 0 Å². The SMILES string of the molecule is O=C(O)C1CCN(C(=O)c2cccc(COc3cccc(F)c3)c2)C1. The van der Waals surface area contributed by atoms with Crippen LogP contribution in [0.15, 0.2) is 48.5 Å². The molecular weight excluding hydrogens is 325 g/mol. The highest BCUT2D eigenvalue weighted by molar-refractivity contribution is 5.95. The zero-order valence-corrected chi connectivity index (χ0v) is 13.5. The number of carboxylic acid groups (broad SMARTS) is 1. The lowest BCUT2D eigenvalue weighted by Crippen LogP contribution is -2.30. The molecule has 1 saturated heterocycles. The molecule has 1 atom stereocenters. The van der Waals surface area contributed by atoms with Gasteiger partial charge in [0.15, 0.2) is 0 Å². The number of aliphatic carboxylic acids is 1. The van der Waals surface area contributed by atoms with Crippen molar-refractivity contribution in [2.75, 3.05) is 13.1 Å². The van der Waals surface area contributed by atoms with Gasteiger partial charge in [-0.2, -0.15) is 0 Å². The molecule has 6 heteroatoms. The smallest absolute Gasteiger partial charge is 0.308 e. The number of ether oxygens (including phenoxy) is 1. The van der Waals surface area contributed by atoms with Crippen molar-refractivity contribution in [1.82, 2.24) is 4.90 Å². The van der Waals surface area contributed by atoms with E-state index in [4.69, 9.17) is 9.84 Å². The number of likely N-dealkylation sites (tertiary alicyclic amines) is 1. The molecule has 2 aromatic carbocycles. The van der Waals surface area contributed by atoms with E-state index in [0.717, 1.165) is 5.56 Å². The monoisotopic (exact) mass is 343 g/mol. The molecule has 1 fully saturated rings. The second kappa shape index (κ2) is 7.34. The second-order valence-corrected chi connectivity index (χ2v) is 6.02. The summed E-state index contributed by atoms with van der Waals surface area (Å²) in [6.07, 6.45) is 0.476. The summed E-state index contributed by atoms with van der Waals surface area (Å²) >= 11 is 0. The predicted molar refractivity (Wildman–Crippen MR) is 88.8 cm³/mol. The van der Waals surface area contributed by atoms with Crippen molar-refractivity contribution >= 4 is 11.9 Å². The minimum absolute atomic E-state index is 0.184. The molecule has 130 valence electrons. The molecule has 5 nitrogen and oxygen atoms in total. The first kappa shape index (κ1) is 17.0. The van der Waals surface area contributed by atoms with Crippen LogP contribution in [0, 0.1) is 11.7 Å². The van der Waals surface area contributed by atoms with Crippen LogP contribution in [0.4, 0.5) is 4.39 Å². The number of rotatable bonds is 5. The van der Waals surface area contributed by atoms with Crippen molar-refractivity contribution in [1.29, 1.82) is 0 Å². The topological polar surface area (TPSA) is 66.8 Å². The Kier molecular flexibility index (Phi) is 4.97. The number of amides is 1. The lowest BCUT2D eigenvalue weighted by molar-refractivity contribution is -0.141. The second-order valence-electron chi connectivity index (χ2n) is 6.02. The number of hydrogen-bond acceptors (Lipinski definition) is 3. The van der Waals surface area contributed by atoms with Crippen molar-refractivity contribution in [3.63, 3.8) is 0 Å². The van der Waals surface area contributed by atoms with Crippen molar-refractivity contribution in [3.8, 4) is 5.75 Å². The molecule has 25 heavy (non-hydrogen) atoms. The lowest BCUT2D eigenvalue weighted by atomic mass is 10.1. The van der Waals surface area contributed by atoms with Crippen LogP contribution in [0.2, 0.25) is 0 Å². The lowest BCUT2D eigenvalue weighted by Gasteiger charge is -2.16. The fourth-order valence-corrected chi connectivity index (χ4v) is 2.85. The average molecular weight is 343 g/mol. The zero-order valence-electron chi connectivity index (χ0n) is 13.5. The molecule has 1 aliphatic heterocycles. The van der Waals surface area contributed by atoms with Crippen LogP contribution in [0.25, 0.3) is 0 Å². The first-order valence-electron chi connectivity index (χ1n) is 8.02. The van der Waals surface area contributed by atoms with Gasteiger partial charge >= 0.3 is 5.97 Å². The van der Waals surface area contributed by atoms with E-state index in [0.29, 0.717) is 24.3 Å². The van der Waals surface area contributed by atoms with Crippen molar-refractivity contribution in [2.45, 2.75) is 13.0 Å². The average Bonchev–Trinajstić information content (AvgIpc) is 3.10. The van der Waals surface area contributed by atoms with Gasteiger partial charge in [0, 0.05) is 24.7 Å². The van der Waals surface area contributed by atoms with Gasteiger partial charge < -0.3 is 14.7 Å². The Bertz CT molecular complexity index is 792. The Morgan fingerprint density at radius 2 is 2.00 bits per heavy atom. The third-order valence-corrected chi connectivity index (χ3v) is 4.20. The van der Waals surface area contributed by atoms with Gasteiger partial charge in [-0.15, -0.1) is 0 Å². The highest BCUT2D eigenvalue weighted by atomic mass is 19.1. The standard InChI is InChI=1S/C19H18FNO4/c20-16-5-2-6-17(10-16)25-12-13-3-1-4-14(9-13)18(22)21-8-7-15(11-21)19(23)24/h1-6,9-10,15H,7-8,11-12H2,(H,23,24). The Labute approximate surface area is 144 Å². The van der Waals surface area contributed by atoms with Crippen LogP contribution < -0.4 is 4.74 Å². The molecule has 2 aromatic rings. The first-order chi connectivity index (χ1) is 12.0. The first-order valence-corrected chi connectivity index (χ1v) is 8.02. The number of nitrogens with zero attached hydrogens (tertiary/aromatic N) is 1. The van der Waals surface area contributed by atoms with Gasteiger partial charge in [-0.1, -0.05) is 18.2 Å². The molecule has 3 rings (SSSR count). The number of benzene rings is 2. The summed E-state index contributed by atoms with van der Waals surface area (Å²) < 4.78 is 18.7. The number of halogens is 1. The predicted octanol–water partition coefficient (Wildman–Crippen LogP) is 2.95. The number of carbonyl (C=O) groups excluding carboxylic acids is 1. The summed E-state index contributed by atoms with van der Waals surface area (Å²) in [6.45, 7) is 0.889. The van der Waals surface area contributed by atoms with E-state index in [1.54, 1.807) is 35.2 Å². The summed E-state index contributed by atoms with van der Waals surface area (Å²) in [5, 5.41) is 9.04. The fraction of sp³-hybridized carbons (Fsp3) is 0.263. The molecule has 0 spiro atoms. The van der Waals surface area contributed by atoms with Gasteiger partial charge in [-0.3, -0.25) is 9.59 Å². The van der Waals surface area contributed by atoms with Gasteiger partial charge in [-0.05, 0) is 36.2 Å². The van der Waals surface area contributed by atoms with Gasteiger partial charge in [0.1, 0.15) is 18.2 Å². The third kappa shape index (κ3) is 4.15. The van der Waals surface area contributed by atoms with Crippen LogP contribution in [0.5, 0.6) is 5.75 Å². The van der Waals surface area contributed by atoms with Crippen molar-refractivity contribution in [3.05, 3.63) is 65.5 Å². The Morgan fingerprint density at radius 1 is 1.20 bits per heavy atom. The minimum Gasteiger partial charge on any atom is -0.489 e. The van der Waals surface area contributed by atoms with Crippen molar-refractivity contribution < 1.29 is 23.8 Å². The quantitative estimate of drug-likeness (QED) is 0.906. The van der Waals surface area contributed by atoms with E-state index < -0.39 is 11.9 Å². The van der Waals surface area contributed by atoms with Crippen LogP contribution in [-0.2, 0) is 11.4 Å². The summed E-state index contributed by atoms with van der Waals surface area (Å²) in [6, 6.07) is 12.9. The fourth-order valence-electron chi connectivity index (χ4n) is 2.85. The summed E-state index contributed by atoms with van der Waals surface area (Å²) in [7, 11) is 0. The number of carbonyl (C=O) groups is 2. The van der Waals surface area contributed by atoms with Crippen LogP contribution in [0.1, 0.15) is 22.3 Å². The summed E-state index contributed by atoms with van der Waals surface area (Å²) in [4.78, 5) is 25.1. The maximum atomic E-state index is 13.2. The third-order valence-electron chi connectivity index (χ3n) is 4.20. The van der Waals surface area contributed by atoms with E-state index >= 15 is 0 Å². The maximum Gasteiger partial charge on any atom is 0.308 e. The van der Waals surface area contributed by atoms with E-state index in [2.05, 4.69) is 0 Å². The highest BCUT2D eigenvalue weighted by Gasteiger charge is 2.31. The van der Waals surface area contributed by atoms with Crippen LogP contribution in [-0.4, -0.2) is 35.0 Å². The molecule has 0 aliphatic carbocycles. The number of hydrogen-bond donors (Lipinski definition) is 1. The molecule has 0 saturated carbocycles. The summed E-state index contributed by atoms with van der Waals surface area (Å²) in [5.74, 6) is -1.50. The number of carboxylic acids is 1. The Morgan fingerprint density at radius 3 is 2.72 bits per heavy atom. The highest BCUT2D eigenvalue weighted by Crippen LogP contribution is 2.20. The van der Waals surface area contributed by atoms with E-state index in [1.165, 1.54) is 12.1 Å². The largest absolute Gasteiger partial charge is 0.489 e. The zero-order chi connectivity index (χ0) is 17.8. The van der Waals surface area contributed by atoms with E-state index in [1.807, 2.05) is 6.07 Å². The Hall–Kier alpha value is -2.89. The normalized spacial score (nSPS) is 16.7. The molecule has 1 amide bonds. The minimum atomic E-state index is -0.868. The molecule has 1 aliphatic rings. The van der Waals surface area contributed by atoms with Gasteiger partial charge in [0.05, 0.1) is 5.92 Å². The molecule has 1 heterocycles. The van der Waals surface area contributed by atoms with Crippen molar-refractivity contribution in [2.24, 2.45) is 5.92 Å². The van der Waals surface area contributed by atoms with E-state index in [9.17, 15) is 14.0 Å². The van der Waals surface area contributed by atoms with E-state index in [-0.39, 0.29) is 24.9 Å². The van der Waals surface area contributed by atoms with Gasteiger partial charge in [0.25, 0.3) is 5.91 Å². The molecule has 0 aromatic heterocycles. The van der Waals surface area contributed by atoms with Crippen LogP contribution in [0.3, 0.4) is 0 Å². The maximum absolute atomic E-state index is 13.2. The summed E-state index contributed by atoms with van der Waals surface area (Å²) in [5.41, 5.74) is 1.27. The molecular formula is C19H18FNO4. The molecule has 0 bridgehead atoms.